The quantitative estimate of drug-likeness (QED) is 0.822. The zero-order valence-electron chi connectivity index (χ0n) is 12.7. The molecule has 0 bridgehead atoms. The number of ether oxygens (including phenoxy) is 2. The number of halogens is 1. The van der Waals surface area contributed by atoms with E-state index < -0.39 is 0 Å². The van der Waals surface area contributed by atoms with Crippen molar-refractivity contribution < 1.29 is 14.3 Å². The summed E-state index contributed by atoms with van der Waals surface area (Å²) in [6.07, 6.45) is 3.88. The summed E-state index contributed by atoms with van der Waals surface area (Å²) in [5.74, 6) is 0.192. The van der Waals surface area contributed by atoms with Gasteiger partial charge in [-0.3, -0.25) is 4.79 Å². The van der Waals surface area contributed by atoms with Crippen molar-refractivity contribution in [2.45, 2.75) is 37.9 Å². The molecule has 1 amide bonds. The first-order valence-electron chi connectivity index (χ1n) is 7.99. The molecule has 22 heavy (non-hydrogen) atoms. The Morgan fingerprint density at radius 1 is 1.18 bits per heavy atom. The van der Waals surface area contributed by atoms with Crippen molar-refractivity contribution in [2.24, 2.45) is 0 Å². The van der Waals surface area contributed by atoms with Crippen LogP contribution in [0.5, 0.6) is 0 Å². The number of morpholine rings is 1. The van der Waals surface area contributed by atoms with Crippen molar-refractivity contribution in [2.75, 3.05) is 26.3 Å². The second kappa shape index (κ2) is 7.57. The first kappa shape index (κ1) is 16.0. The van der Waals surface area contributed by atoms with Crippen LogP contribution >= 0.6 is 15.9 Å². The maximum absolute atomic E-state index is 12.5. The Kier molecular flexibility index (Phi) is 5.50. The third-order valence-corrected chi connectivity index (χ3v) is 4.87. The maximum Gasteiger partial charge on any atom is 0.225 e. The SMILES string of the molecule is O=C(CC1CCCCO1)N1CCOC(c2ccc(Br)cc2)C1. The summed E-state index contributed by atoms with van der Waals surface area (Å²) in [5, 5.41) is 0. The number of nitrogens with zero attached hydrogens (tertiary/aromatic N) is 1. The Balaban J connectivity index is 1.57. The second-order valence-corrected chi connectivity index (χ2v) is 6.86. The van der Waals surface area contributed by atoms with Gasteiger partial charge < -0.3 is 14.4 Å². The fraction of sp³-hybridized carbons (Fsp3) is 0.588. The molecule has 120 valence electrons. The number of amides is 1. The lowest BCUT2D eigenvalue weighted by Crippen LogP contribution is -2.43. The van der Waals surface area contributed by atoms with Crippen LogP contribution in [0.1, 0.15) is 37.4 Å². The lowest BCUT2D eigenvalue weighted by atomic mass is 10.0. The molecule has 0 N–H and O–H groups in total. The molecule has 2 heterocycles. The van der Waals surface area contributed by atoms with E-state index in [1.54, 1.807) is 0 Å². The lowest BCUT2D eigenvalue weighted by molar-refractivity contribution is -0.142. The fourth-order valence-corrected chi connectivity index (χ4v) is 3.31. The monoisotopic (exact) mass is 367 g/mol. The van der Waals surface area contributed by atoms with Crippen LogP contribution in [0, 0.1) is 0 Å². The lowest BCUT2D eigenvalue weighted by Gasteiger charge is -2.34. The molecule has 5 heteroatoms. The average Bonchev–Trinajstić information content (AvgIpc) is 2.56. The minimum atomic E-state index is -0.0296. The van der Waals surface area contributed by atoms with E-state index in [0.29, 0.717) is 26.1 Å². The van der Waals surface area contributed by atoms with Gasteiger partial charge in [-0.05, 0) is 37.0 Å². The molecule has 2 aliphatic heterocycles. The number of carbonyl (C=O) groups excluding carboxylic acids is 1. The van der Waals surface area contributed by atoms with Crippen LogP contribution in [0.25, 0.3) is 0 Å². The molecule has 0 spiro atoms. The molecule has 3 rings (SSSR count). The van der Waals surface area contributed by atoms with E-state index in [4.69, 9.17) is 9.47 Å². The zero-order valence-corrected chi connectivity index (χ0v) is 14.3. The molecule has 2 unspecified atom stereocenters. The summed E-state index contributed by atoms with van der Waals surface area (Å²) in [5.41, 5.74) is 1.12. The van der Waals surface area contributed by atoms with E-state index >= 15 is 0 Å². The highest BCUT2D eigenvalue weighted by molar-refractivity contribution is 9.10. The first-order valence-corrected chi connectivity index (χ1v) is 8.78. The Hall–Kier alpha value is -0.910. The van der Waals surface area contributed by atoms with E-state index in [1.807, 2.05) is 29.2 Å². The second-order valence-electron chi connectivity index (χ2n) is 5.94. The average molecular weight is 368 g/mol. The van der Waals surface area contributed by atoms with Gasteiger partial charge in [0.05, 0.1) is 25.7 Å². The van der Waals surface area contributed by atoms with Crippen LogP contribution in [0.2, 0.25) is 0 Å². The van der Waals surface area contributed by atoms with E-state index in [0.717, 1.165) is 29.5 Å². The third-order valence-electron chi connectivity index (χ3n) is 4.34. The molecule has 2 fully saturated rings. The molecule has 0 saturated carbocycles. The molecule has 1 aromatic carbocycles. The molecular weight excluding hydrogens is 346 g/mol. The standard InChI is InChI=1S/C17H22BrNO3/c18-14-6-4-13(5-7-14)16-12-19(8-10-22-16)17(20)11-15-3-1-2-9-21-15/h4-7,15-16H,1-3,8-12H2. The van der Waals surface area contributed by atoms with Crippen LogP contribution in [0.15, 0.2) is 28.7 Å². The van der Waals surface area contributed by atoms with Crippen molar-refractivity contribution in [1.29, 1.82) is 0 Å². The van der Waals surface area contributed by atoms with Gasteiger partial charge in [-0.25, -0.2) is 0 Å². The Morgan fingerprint density at radius 3 is 2.73 bits per heavy atom. The summed E-state index contributed by atoms with van der Waals surface area (Å²) < 4.78 is 12.6. The number of hydrogen-bond donors (Lipinski definition) is 0. The molecule has 2 aliphatic rings. The van der Waals surface area contributed by atoms with Gasteiger partial charge in [0.25, 0.3) is 0 Å². The minimum Gasteiger partial charge on any atom is -0.378 e. The minimum absolute atomic E-state index is 0.0296. The zero-order chi connectivity index (χ0) is 15.4. The molecule has 2 atom stereocenters. The molecule has 1 aromatic rings. The van der Waals surface area contributed by atoms with Crippen LogP contribution in [-0.4, -0.2) is 43.2 Å². The van der Waals surface area contributed by atoms with Crippen LogP contribution < -0.4 is 0 Å². The summed E-state index contributed by atoms with van der Waals surface area (Å²) in [7, 11) is 0. The van der Waals surface area contributed by atoms with Crippen molar-refractivity contribution in [3.05, 3.63) is 34.3 Å². The molecular formula is C17H22BrNO3. The van der Waals surface area contributed by atoms with E-state index in [-0.39, 0.29) is 18.1 Å². The summed E-state index contributed by atoms with van der Waals surface area (Å²) in [4.78, 5) is 14.4. The first-order chi connectivity index (χ1) is 10.7. The van der Waals surface area contributed by atoms with Crippen LogP contribution in [0.3, 0.4) is 0 Å². The molecule has 2 saturated heterocycles. The van der Waals surface area contributed by atoms with E-state index in [9.17, 15) is 4.79 Å². The largest absolute Gasteiger partial charge is 0.378 e. The van der Waals surface area contributed by atoms with Crippen molar-refractivity contribution >= 4 is 21.8 Å². The number of benzene rings is 1. The highest BCUT2D eigenvalue weighted by atomic mass is 79.9. The van der Waals surface area contributed by atoms with Crippen LogP contribution in [0.4, 0.5) is 0 Å². The Morgan fingerprint density at radius 2 is 2.00 bits per heavy atom. The van der Waals surface area contributed by atoms with E-state index in [1.165, 1.54) is 6.42 Å². The number of rotatable bonds is 3. The predicted molar refractivity (Wildman–Crippen MR) is 87.6 cm³/mol. The number of carbonyl (C=O) groups is 1. The van der Waals surface area contributed by atoms with Gasteiger partial charge in [0.2, 0.25) is 5.91 Å². The fourth-order valence-electron chi connectivity index (χ4n) is 3.05. The molecule has 0 aliphatic carbocycles. The van der Waals surface area contributed by atoms with Crippen LogP contribution in [-0.2, 0) is 14.3 Å². The Labute approximate surface area is 139 Å². The predicted octanol–water partition coefficient (Wildman–Crippen LogP) is 3.31. The van der Waals surface area contributed by atoms with Gasteiger partial charge >= 0.3 is 0 Å². The van der Waals surface area contributed by atoms with Crippen molar-refractivity contribution in [1.82, 2.24) is 4.90 Å². The van der Waals surface area contributed by atoms with Gasteiger partial charge in [0, 0.05) is 17.6 Å². The smallest absolute Gasteiger partial charge is 0.225 e. The van der Waals surface area contributed by atoms with Gasteiger partial charge in [0.15, 0.2) is 0 Å². The maximum atomic E-state index is 12.5. The molecule has 4 nitrogen and oxygen atoms in total. The Bertz CT molecular complexity index is 499. The summed E-state index contributed by atoms with van der Waals surface area (Å²) >= 11 is 3.44. The summed E-state index contributed by atoms with van der Waals surface area (Å²) in [6, 6.07) is 8.12. The van der Waals surface area contributed by atoms with Gasteiger partial charge in [-0.15, -0.1) is 0 Å². The topological polar surface area (TPSA) is 38.8 Å². The summed E-state index contributed by atoms with van der Waals surface area (Å²) in [6.45, 7) is 2.70. The highest BCUT2D eigenvalue weighted by Crippen LogP contribution is 2.25. The van der Waals surface area contributed by atoms with Crippen molar-refractivity contribution in [3.8, 4) is 0 Å². The number of hydrogen-bond acceptors (Lipinski definition) is 3. The third kappa shape index (κ3) is 4.09. The van der Waals surface area contributed by atoms with Gasteiger partial charge in [0.1, 0.15) is 6.10 Å². The van der Waals surface area contributed by atoms with E-state index in [2.05, 4.69) is 15.9 Å². The van der Waals surface area contributed by atoms with Crippen molar-refractivity contribution in [3.63, 3.8) is 0 Å². The van der Waals surface area contributed by atoms with Gasteiger partial charge in [-0.2, -0.15) is 0 Å². The normalized spacial score (nSPS) is 26.0. The highest BCUT2D eigenvalue weighted by Gasteiger charge is 2.27. The van der Waals surface area contributed by atoms with Gasteiger partial charge in [-0.1, -0.05) is 28.1 Å². The molecule has 0 aromatic heterocycles. The molecule has 0 radical (unpaired) electrons.